The van der Waals surface area contributed by atoms with Crippen LogP contribution in [0.2, 0.25) is 0 Å². The van der Waals surface area contributed by atoms with Gasteiger partial charge in [0.2, 0.25) is 0 Å². The number of carbonyl (C=O) groups excluding carboxylic acids is 2. The summed E-state index contributed by atoms with van der Waals surface area (Å²) in [5, 5.41) is 2.97. The average molecular weight is 422 g/mol. The number of hydrogen-bond donors (Lipinski definition) is 1. The Morgan fingerprint density at radius 1 is 1.13 bits per heavy atom. The van der Waals surface area contributed by atoms with Gasteiger partial charge in [-0.2, -0.15) is 0 Å². The average Bonchev–Trinajstić information content (AvgIpc) is 2.63. The Labute approximate surface area is 181 Å². The first-order valence-corrected chi connectivity index (χ1v) is 10.8. The molecule has 30 heavy (non-hydrogen) atoms. The van der Waals surface area contributed by atoms with Gasteiger partial charge < -0.3 is 19.5 Å². The van der Waals surface area contributed by atoms with Gasteiger partial charge in [0.05, 0.1) is 12.2 Å². The molecule has 6 nitrogen and oxygen atoms in total. The SMILES string of the molecule is CCCC(=O)c1ccc(CC(NC(=O)OC(C)(C)C)C(C)C)cc1OCCCOC. The van der Waals surface area contributed by atoms with E-state index >= 15 is 0 Å². The second kappa shape index (κ2) is 12.6. The van der Waals surface area contributed by atoms with E-state index < -0.39 is 11.7 Å². The van der Waals surface area contributed by atoms with Crippen molar-refractivity contribution in [3.05, 3.63) is 29.3 Å². The molecule has 0 heterocycles. The molecule has 170 valence electrons. The van der Waals surface area contributed by atoms with Crippen LogP contribution in [0.4, 0.5) is 4.79 Å². The van der Waals surface area contributed by atoms with Crippen LogP contribution in [0.15, 0.2) is 18.2 Å². The van der Waals surface area contributed by atoms with Crippen LogP contribution in [-0.4, -0.2) is 43.8 Å². The molecule has 1 unspecified atom stereocenters. The normalized spacial score (nSPS) is 12.5. The van der Waals surface area contributed by atoms with Crippen molar-refractivity contribution in [3.8, 4) is 5.75 Å². The second-order valence-corrected chi connectivity index (χ2v) is 8.90. The number of methoxy groups -OCH3 is 1. The van der Waals surface area contributed by atoms with Gasteiger partial charge in [-0.15, -0.1) is 0 Å². The molecular weight excluding hydrogens is 382 g/mol. The van der Waals surface area contributed by atoms with E-state index in [1.54, 1.807) is 7.11 Å². The maximum atomic E-state index is 12.5. The van der Waals surface area contributed by atoms with Crippen LogP contribution in [0, 0.1) is 5.92 Å². The first-order valence-electron chi connectivity index (χ1n) is 10.8. The van der Waals surface area contributed by atoms with Gasteiger partial charge in [0.15, 0.2) is 5.78 Å². The van der Waals surface area contributed by atoms with Gasteiger partial charge in [0.1, 0.15) is 11.4 Å². The molecule has 1 N–H and O–H groups in total. The standard InChI is InChI=1S/C24H39NO5/c1-8-10-21(26)19-12-11-18(16-22(19)29-14-9-13-28-7)15-20(17(2)3)25-23(27)30-24(4,5)6/h11-12,16-17,20H,8-10,13-15H2,1-7H3,(H,25,27). The Balaban J connectivity index is 2.98. The van der Waals surface area contributed by atoms with E-state index in [0.29, 0.717) is 37.4 Å². The van der Waals surface area contributed by atoms with Gasteiger partial charge in [-0.05, 0) is 57.2 Å². The van der Waals surface area contributed by atoms with E-state index in [-0.39, 0.29) is 17.7 Å². The van der Waals surface area contributed by atoms with Crippen LogP contribution >= 0.6 is 0 Å². The first kappa shape index (κ1) is 26.0. The molecule has 0 fully saturated rings. The number of nitrogens with one attached hydrogen (secondary N) is 1. The van der Waals surface area contributed by atoms with Crippen molar-refractivity contribution in [2.45, 2.75) is 78.9 Å². The van der Waals surface area contributed by atoms with Crippen molar-refractivity contribution in [2.75, 3.05) is 20.3 Å². The molecule has 0 radical (unpaired) electrons. The van der Waals surface area contributed by atoms with Gasteiger partial charge in [-0.25, -0.2) is 4.79 Å². The topological polar surface area (TPSA) is 73.9 Å². The predicted octanol–water partition coefficient (Wildman–Crippen LogP) is 5.18. The maximum absolute atomic E-state index is 12.5. The van der Waals surface area contributed by atoms with E-state index in [9.17, 15) is 9.59 Å². The number of benzene rings is 1. The zero-order chi connectivity index (χ0) is 22.7. The Kier molecular flexibility index (Phi) is 10.9. The largest absolute Gasteiger partial charge is 0.493 e. The van der Waals surface area contributed by atoms with Gasteiger partial charge >= 0.3 is 6.09 Å². The number of hydrogen-bond acceptors (Lipinski definition) is 5. The van der Waals surface area contributed by atoms with Crippen molar-refractivity contribution in [1.82, 2.24) is 5.32 Å². The monoisotopic (exact) mass is 421 g/mol. The molecule has 0 bridgehead atoms. The first-order chi connectivity index (χ1) is 14.1. The van der Waals surface area contributed by atoms with Crippen molar-refractivity contribution < 1.29 is 23.8 Å². The third-order valence-electron chi connectivity index (χ3n) is 4.54. The minimum absolute atomic E-state index is 0.0816. The molecule has 0 saturated heterocycles. The summed E-state index contributed by atoms with van der Waals surface area (Å²) < 4.78 is 16.4. The van der Waals surface area contributed by atoms with Gasteiger partial charge in [0, 0.05) is 32.6 Å². The summed E-state index contributed by atoms with van der Waals surface area (Å²) in [6.45, 7) is 12.7. The molecule has 0 aliphatic carbocycles. The fourth-order valence-electron chi connectivity index (χ4n) is 2.96. The summed E-state index contributed by atoms with van der Waals surface area (Å²) in [7, 11) is 1.65. The van der Waals surface area contributed by atoms with Crippen molar-refractivity contribution in [2.24, 2.45) is 5.92 Å². The Hall–Kier alpha value is -2.08. The third kappa shape index (κ3) is 9.61. The molecule has 0 aliphatic heterocycles. The summed E-state index contributed by atoms with van der Waals surface area (Å²) in [6, 6.07) is 5.60. The summed E-state index contributed by atoms with van der Waals surface area (Å²) in [4.78, 5) is 24.7. The lowest BCUT2D eigenvalue weighted by Gasteiger charge is -2.26. The van der Waals surface area contributed by atoms with Crippen LogP contribution in [-0.2, 0) is 15.9 Å². The number of alkyl carbamates (subject to hydrolysis) is 1. The number of ketones is 1. The number of amides is 1. The molecule has 0 spiro atoms. The molecule has 1 rings (SSSR count). The fourth-order valence-corrected chi connectivity index (χ4v) is 2.96. The lowest BCUT2D eigenvalue weighted by molar-refractivity contribution is 0.0490. The predicted molar refractivity (Wildman–Crippen MR) is 119 cm³/mol. The Bertz CT molecular complexity index is 679. The van der Waals surface area contributed by atoms with Gasteiger partial charge in [0.25, 0.3) is 0 Å². The molecule has 0 aliphatic rings. The molecule has 1 amide bonds. The minimum atomic E-state index is -0.546. The summed E-state index contributed by atoms with van der Waals surface area (Å²) in [5.41, 5.74) is 1.06. The van der Waals surface area contributed by atoms with Crippen molar-refractivity contribution >= 4 is 11.9 Å². The third-order valence-corrected chi connectivity index (χ3v) is 4.54. The van der Waals surface area contributed by atoms with Crippen LogP contribution in [0.3, 0.4) is 0 Å². The van der Waals surface area contributed by atoms with Crippen LogP contribution in [0.1, 0.15) is 76.7 Å². The molecule has 0 aromatic heterocycles. The number of carbonyl (C=O) groups is 2. The highest BCUT2D eigenvalue weighted by atomic mass is 16.6. The summed E-state index contributed by atoms with van der Waals surface area (Å²) in [5.74, 6) is 0.893. The summed E-state index contributed by atoms with van der Waals surface area (Å²) >= 11 is 0. The Morgan fingerprint density at radius 2 is 1.83 bits per heavy atom. The highest BCUT2D eigenvalue weighted by Gasteiger charge is 2.22. The Morgan fingerprint density at radius 3 is 2.40 bits per heavy atom. The minimum Gasteiger partial charge on any atom is -0.493 e. The molecular formula is C24H39NO5. The molecule has 6 heteroatoms. The van der Waals surface area contributed by atoms with Crippen LogP contribution in [0.5, 0.6) is 5.75 Å². The number of rotatable bonds is 12. The highest BCUT2D eigenvalue weighted by Crippen LogP contribution is 2.25. The van der Waals surface area contributed by atoms with Gasteiger partial charge in [-0.3, -0.25) is 4.79 Å². The quantitative estimate of drug-likeness (QED) is 0.372. The molecule has 1 aromatic carbocycles. The van der Waals surface area contributed by atoms with E-state index in [1.807, 2.05) is 45.9 Å². The molecule has 0 saturated carbocycles. The van der Waals surface area contributed by atoms with E-state index in [0.717, 1.165) is 18.4 Å². The second-order valence-electron chi connectivity index (χ2n) is 8.90. The maximum Gasteiger partial charge on any atom is 0.407 e. The molecule has 1 aromatic rings. The molecule has 1 atom stereocenters. The van der Waals surface area contributed by atoms with Crippen LogP contribution in [0.25, 0.3) is 0 Å². The van der Waals surface area contributed by atoms with Crippen molar-refractivity contribution in [1.29, 1.82) is 0 Å². The smallest absolute Gasteiger partial charge is 0.407 e. The lowest BCUT2D eigenvalue weighted by Crippen LogP contribution is -2.43. The zero-order valence-corrected chi connectivity index (χ0v) is 19.7. The highest BCUT2D eigenvalue weighted by molar-refractivity contribution is 5.98. The lowest BCUT2D eigenvalue weighted by atomic mass is 9.94. The fraction of sp³-hybridized carbons (Fsp3) is 0.667. The van der Waals surface area contributed by atoms with E-state index in [2.05, 4.69) is 19.2 Å². The number of ether oxygens (including phenoxy) is 3. The van der Waals surface area contributed by atoms with Gasteiger partial charge in [-0.1, -0.05) is 26.8 Å². The van der Waals surface area contributed by atoms with Crippen LogP contribution < -0.4 is 10.1 Å². The summed E-state index contributed by atoms with van der Waals surface area (Å²) in [6.07, 6.45) is 2.22. The number of Topliss-reactive ketones (excluding diaryl/α,β-unsaturated/α-hetero) is 1. The van der Waals surface area contributed by atoms with Crippen molar-refractivity contribution in [3.63, 3.8) is 0 Å². The van der Waals surface area contributed by atoms with E-state index in [1.165, 1.54) is 0 Å². The zero-order valence-electron chi connectivity index (χ0n) is 19.7. The van der Waals surface area contributed by atoms with E-state index in [4.69, 9.17) is 14.2 Å².